The van der Waals surface area contributed by atoms with Gasteiger partial charge in [0.05, 0.1) is 0 Å². The van der Waals surface area contributed by atoms with Gasteiger partial charge < -0.3 is 10.4 Å². The Kier molecular flexibility index (Phi) is 1.96. The number of phenols is 1. The Morgan fingerprint density at radius 1 is 1.38 bits per heavy atom. The second-order valence-corrected chi connectivity index (χ2v) is 3.56. The molecule has 1 heterocycles. The Hall–Kier alpha value is -1.09. The van der Waals surface area contributed by atoms with E-state index < -0.39 is 5.67 Å². The molecule has 0 radical (unpaired) electrons. The first kappa shape index (κ1) is 8.51. The fourth-order valence-electron chi connectivity index (χ4n) is 1.52. The molecule has 0 saturated carbocycles. The van der Waals surface area contributed by atoms with Crippen LogP contribution >= 0.6 is 0 Å². The molecule has 0 atom stereocenters. The Morgan fingerprint density at radius 2 is 2.08 bits per heavy atom. The number of rotatable bonds is 2. The third-order valence-electron chi connectivity index (χ3n) is 2.38. The predicted molar refractivity (Wildman–Crippen MR) is 48.5 cm³/mol. The monoisotopic (exact) mass is 181 g/mol. The summed E-state index contributed by atoms with van der Waals surface area (Å²) in [6.07, 6.45) is 0.298. The van der Waals surface area contributed by atoms with E-state index in [1.807, 2.05) is 6.07 Å². The Labute approximate surface area is 76.4 Å². The SMILES string of the molecule is Oc1ccccc1CC1(F)CNC1. The van der Waals surface area contributed by atoms with Crippen molar-refractivity contribution in [3.8, 4) is 5.75 Å². The lowest BCUT2D eigenvalue weighted by molar-refractivity contribution is 0.0904. The van der Waals surface area contributed by atoms with E-state index in [-0.39, 0.29) is 5.75 Å². The van der Waals surface area contributed by atoms with Gasteiger partial charge in [0.15, 0.2) is 0 Å². The standard InChI is InChI=1S/C10H12FNO/c11-10(6-12-7-10)5-8-3-1-2-4-9(8)13/h1-4,12-13H,5-7H2. The molecule has 0 spiro atoms. The number of halogens is 1. The second kappa shape index (κ2) is 3.00. The van der Waals surface area contributed by atoms with Gasteiger partial charge in [0.1, 0.15) is 11.4 Å². The van der Waals surface area contributed by atoms with Gasteiger partial charge in [0, 0.05) is 19.5 Å². The molecule has 1 aromatic carbocycles. The van der Waals surface area contributed by atoms with Crippen LogP contribution in [0.5, 0.6) is 5.75 Å². The smallest absolute Gasteiger partial charge is 0.139 e. The van der Waals surface area contributed by atoms with Crippen LogP contribution < -0.4 is 5.32 Å². The van der Waals surface area contributed by atoms with Crippen LogP contribution in [0.15, 0.2) is 24.3 Å². The van der Waals surface area contributed by atoms with Crippen molar-refractivity contribution in [3.63, 3.8) is 0 Å². The molecule has 0 aliphatic carbocycles. The van der Waals surface area contributed by atoms with Crippen molar-refractivity contribution < 1.29 is 9.50 Å². The molecule has 1 fully saturated rings. The lowest BCUT2D eigenvalue weighted by Gasteiger charge is -2.35. The molecule has 0 amide bonds. The average molecular weight is 181 g/mol. The molecular formula is C10H12FNO. The average Bonchev–Trinajstić information content (AvgIpc) is 2.06. The summed E-state index contributed by atoms with van der Waals surface area (Å²) in [4.78, 5) is 0. The van der Waals surface area contributed by atoms with E-state index in [2.05, 4.69) is 5.32 Å². The van der Waals surface area contributed by atoms with Gasteiger partial charge in [-0.25, -0.2) is 4.39 Å². The summed E-state index contributed by atoms with van der Waals surface area (Å²) < 4.78 is 13.6. The minimum Gasteiger partial charge on any atom is -0.508 e. The summed E-state index contributed by atoms with van der Waals surface area (Å²) in [5, 5.41) is 12.3. The molecule has 0 unspecified atom stereocenters. The van der Waals surface area contributed by atoms with Crippen molar-refractivity contribution in [2.75, 3.05) is 13.1 Å². The Morgan fingerprint density at radius 3 is 2.62 bits per heavy atom. The number of phenolic OH excluding ortho intramolecular Hbond substituents is 1. The van der Waals surface area contributed by atoms with Gasteiger partial charge in [-0.15, -0.1) is 0 Å². The van der Waals surface area contributed by atoms with E-state index >= 15 is 0 Å². The summed E-state index contributed by atoms with van der Waals surface area (Å²) in [7, 11) is 0. The van der Waals surface area contributed by atoms with Gasteiger partial charge in [-0.1, -0.05) is 18.2 Å². The van der Waals surface area contributed by atoms with E-state index in [9.17, 15) is 9.50 Å². The maximum absolute atomic E-state index is 13.6. The van der Waals surface area contributed by atoms with Crippen LogP contribution in [0.2, 0.25) is 0 Å². The van der Waals surface area contributed by atoms with Gasteiger partial charge >= 0.3 is 0 Å². The van der Waals surface area contributed by atoms with Crippen molar-refractivity contribution in [2.24, 2.45) is 0 Å². The van der Waals surface area contributed by atoms with Gasteiger partial charge in [0.2, 0.25) is 0 Å². The van der Waals surface area contributed by atoms with E-state index in [0.717, 1.165) is 0 Å². The maximum Gasteiger partial charge on any atom is 0.139 e. The highest BCUT2D eigenvalue weighted by molar-refractivity contribution is 5.33. The van der Waals surface area contributed by atoms with E-state index in [1.54, 1.807) is 18.2 Å². The van der Waals surface area contributed by atoms with Crippen molar-refractivity contribution in [1.82, 2.24) is 5.32 Å². The number of alkyl halides is 1. The first-order valence-electron chi connectivity index (χ1n) is 4.36. The van der Waals surface area contributed by atoms with Crippen molar-refractivity contribution in [2.45, 2.75) is 12.1 Å². The van der Waals surface area contributed by atoms with Gasteiger partial charge in [0.25, 0.3) is 0 Å². The van der Waals surface area contributed by atoms with Crippen LogP contribution in [0, 0.1) is 0 Å². The molecule has 1 aliphatic heterocycles. The lowest BCUT2D eigenvalue weighted by atomic mass is 9.91. The van der Waals surface area contributed by atoms with Crippen LogP contribution in [0.25, 0.3) is 0 Å². The van der Waals surface area contributed by atoms with E-state index in [1.165, 1.54) is 0 Å². The normalized spacial score (nSPS) is 19.5. The number of hydrogen-bond donors (Lipinski definition) is 2. The number of hydrogen-bond acceptors (Lipinski definition) is 2. The highest BCUT2D eigenvalue weighted by Crippen LogP contribution is 2.26. The molecule has 2 nitrogen and oxygen atoms in total. The molecular weight excluding hydrogens is 169 g/mol. The van der Waals surface area contributed by atoms with E-state index in [0.29, 0.717) is 25.1 Å². The zero-order valence-corrected chi connectivity index (χ0v) is 7.26. The van der Waals surface area contributed by atoms with Crippen molar-refractivity contribution in [3.05, 3.63) is 29.8 Å². The third-order valence-corrected chi connectivity index (χ3v) is 2.38. The molecule has 0 bridgehead atoms. The summed E-state index contributed by atoms with van der Waals surface area (Å²) in [6.45, 7) is 0.780. The number of aromatic hydroxyl groups is 1. The minimum atomic E-state index is -1.15. The number of para-hydroxylation sites is 1. The van der Waals surface area contributed by atoms with E-state index in [4.69, 9.17) is 0 Å². The highest BCUT2D eigenvalue weighted by atomic mass is 19.1. The zero-order chi connectivity index (χ0) is 9.31. The van der Waals surface area contributed by atoms with Crippen LogP contribution in [-0.4, -0.2) is 23.9 Å². The van der Waals surface area contributed by atoms with Crippen molar-refractivity contribution >= 4 is 0 Å². The second-order valence-electron chi connectivity index (χ2n) is 3.56. The molecule has 1 aliphatic rings. The molecule has 13 heavy (non-hydrogen) atoms. The number of benzene rings is 1. The maximum atomic E-state index is 13.6. The van der Waals surface area contributed by atoms with Gasteiger partial charge in [-0.2, -0.15) is 0 Å². The van der Waals surface area contributed by atoms with Crippen LogP contribution in [0.1, 0.15) is 5.56 Å². The molecule has 70 valence electrons. The van der Waals surface area contributed by atoms with Crippen LogP contribution in [0.3, 0.4) is 0 Å². The first-order valence-corrected chi connectivity index (χ1v) is 4.36. The third kappa shape index (κ3) is 1.65. The molecule has 1 aromatic rings. The topological polar surface area (TPSA) is 32.3 Å². The molecule has 3 heteroatoms. The summed E-state index contributed by atoms with van der Waals surface area (Å²) in [5.74, 6) is 0.187. The van der Waals surface area contributed by atoms with Gasteiger partial charge in [-0.05, 0) is 11.6 Å². The summed E-state index contributed by atoms with van der Waals surface area (Å²) in [6, 6.07) is 6.90. The quantitative estimate of drug-likeness (QED) is 0.719. The fraction of sp³-hybridized carbons (Fsp3) is 0.400. The lowest BCUT2D eigenvalue weighted by Crippen LogP contribution is -2.57. The predicted octanol–water partition coefficient (Wildman–Crippen LogP) is 1.25. The summed E-state index contributed by atoms with van der Waals surface area (Å²) in [5.41, 5.74) is -0.467. The largest absolute Gasteiger partial charge is 0.508 e. The molecule has 2 rings (SSSR count). The molecule has 1 saturated heterocycles. The minimum absolute atomic E-state index is 0.187. The van der Waals surface area contributed by atoms with Crippen LogP contribution in [0.4, 0.5) is 4.39 Å². The van der Waals surface area contributed by atoms with Crippen molar-refractivity contribution in [1.29, 1.82) is 0 Å². The van der Waals surface area contributed by atoms with Gasteiger partial charge in [-0.3, -0.25) is 0 Å². The first-order chi connectivity index (χ1) is 6.20. The summed E-state index contributed by atoms with van der Waals surface area (Å²) >= 11 is 0. The Balaban J connectivity index is 2.13. The number of nitrogens with one attached hydrogen (secondary N) is 1. The van der Waals surface area contributed by atoms with Crippen LogP contribution in [-0.2, 0) is 6.42 Å². The molecule has 2 N–H and O–H groups in total. The molecule has 0 aromatic heterocycles. The zero-order valence-electron chi connectivity index (χ0n) is 7.26. The Bertz CT molecular complexity index is 310. The highest BCUT2D eigenvalue weighted by Gasteiger charge is 2.37. The fourth-order valence-corrected chi connectivity index (χ4v) is 1.52.